The molecule has 2 nitrogen and oxygen atoms in total. The van der Waals surface area contributed by atoms with Crippen LogP contribution < -0.4 is 5.73 Å². The van der Waals surface area contributed by atoms with E-state index in [1.165, 1.54) is 25.7 Å². The van der Waals surface area contributed by atoms with Crippen molar-refractivity contribution in [2.24, 2.45) is 16.6 Å². The lowest BCUT2D eigenvalue weighted by molar-refractivity contribution is -0.110. The molecule has 0 amide bonds. The lowest BCUT2D eigenvalue weighted by Crippen LogP contribution is -2.53. The topological polar surface area (TPSA) is 46.2 Å². The fourth-order valence-electron chi connectivity index (χ4n) is 4.27. The van der Waals surface area contributed by atoms with E-state index >= 15 is 0 Å². The molecule has 2 aliphatic carbocycles. The van der Waals surface area contributed by atoms with Gasteiger partial charge in [-0.25, -0.2) is 0 Å². The summed E-state index contributed by atoms with van der Waals surface area (Å²) in [6.07, 6.45) is 11.6. The molecule has 0 aromatic heterocycles. The van der Waals surface area contributed by atoms with Crippen molar-refractivity contribution in [3.8, 4) is 0 Å². The summed E-state index contributed by atoms with van der Waals surface area (Å²) in [6, 6.07) is 0. The van der Waals surface area contributed by atoms with E-state index in [1.807, 2.05) is 0 Å². The first-order chi connectivity index (χ1) is 8.43. The molecule has 0 aromatic carbocycles. The van der Waals surface area contributed by atoms with Gasteiger partial charge in [-0.15, -0.1) is 0 Å². The summed E-state index contributed by atoms with van der Waals surface area (Å²) in [5.41, 5.74) is 6.04. The average Bonchev–Trinajstić information content (AvgIpc) is 2.50. The molecule has 0 bridgehead atoms. The Kier molecular flexibility index (Phi) is 4.08. The Hall–Kier alpha value is -0.0800. The van der Waals surface area contributed by atoms with Crippen LogP contribution in [0.2, 0.25) is 0 Å². The van der Waals surface area contributed by atoms with Gasteiger partial charge < -0.3 is 10.8 Å². The van der Waals surface area contributed by atoms with Crippen LogP contribution in [0.3, 0.4) is 0 Å². The van der Waals surface area contributed by atoms with Gasteiger partial charge in [0, 0.05) is 12.0 Å². The monoisotopic (exact) mass is 253 g/mol. The van der Waals surface area contributed by atoms with E-state index in [-0.39, 0.29) is 5.41 Å². The molecule has 18 heavy (non-hydrogen) atoms. The predicted octanol–water partition coefficient (Wildman–Crippen LogP) is 3.62. The summed E-state index contributed by atoms with van der Waals surface area (Å²) >= 11 is 0. The Balaban J connectivity index is 2.17. The van der Waals surface area contributed by atoms with Crippen molar-refractivity contribution < 1.29 is 5.11 Å². The molecule has 0 saturated heterocycles. The molecular formula is C16H31NO. The fraction of sp³-hybridized carbons (Fsp3) is 1.00. The van der Waals surface area contributed by atoms with Gasteiger partial charge in [-0.05, 0) is 43.9 Å². The van der Waals surface area contributed by atoms with E-state index in [0.717, 1.165) is 38.5 Å². The van der Waals surface area contributed by atoms with Crippen molar-refractivity contribution in [3.63, 3.8) is 0 Å². The van der Waals surface area contributed by atoms with Crippen LogP contribution in [0.15, 0.2) is 0 Å². The van der Waals surface area contributed by atoms with Gasteiger partial charge in [0.1, 0.15) is 0 Å². The fourth-order valence-corrected chi connectivity index (χ4v) is 4.27. The average molecular weight is 253 g/mol. The van der Waals surface area contributed by atoms with Crippen LogP contribution in [-0.4, -0.2) is 17.3 Å². The number of hydrogen-bond donors (Lipinski definition) is 2. The molecule has 2 fully saturated rings. The van der Waals surface area contributed by atoms with E-state index in [2.05, 4.69) is 13.8 Å². The van der Waals surface area contributed by atoms with Crippen LogP contribution in [0.4, 0.5) is 0 Å². The van der Waals surface area contributed by atoms with E-state index in [0.29, 0.717) is 12.0 Å². The standard InChI is InChI=1S/C16H31NO/c1-14(2)7-6-10-16(18,12-11-14)15(13-17)8-4-3-5-9-15/h18H,3-13,17H2,1-2H3. The van der Waals surface area contributed by atoms with Crippen molar-refractivity contribution in [2.75, 3.05) is 6.54 Å². The molecule has 0 heterocycles. The second-order valence-corrected chi connectivity index (χ2v) is 7.59. The Morgan fingerprint density at radius 1 is 0.833 bits per heavy atom. The van der Waals surface area contributed by atoms with Crippen LogP contribution in [0.1, 0.15) is 78.1 Å². The smallest absolute Gasteiger partial charge is 0.0716 e. The van der Waals surface area contributed by atoms with Crippen molar-refractivity contribution in [1.82, 2.24) is 0 Å². The molecule has 106 valence electrons. The highest BCUT2D eigenvalue weighted by atomic mass is 16.3. The van der Waals surface area contributed by atoms with E-state index in [4.69, 9.17) is 5.73 Å². The molecule has 3 N–H and O–H groups in total. The molecule has 0 spiro atoms. The third kappa shape index (κ3) is 2.60. The first-order valence-electron chi connectivity index (χ1n) is 7.86. The van der Waals surface area contributed by atoms with Gasteiger partial charge in [-0.3, -0.25) is 0 Å². The van der Waals surface area contributed by atoms with Gasteiger partial charge in [0.2, 0.25) is 0 Å². The van der Waals surface area contributed by atoms with Crippen LogP contribution >= 0.6 is 0 Å². The van der Waals surface area contributed by atoms with Gasteiger partial charge in [0.05, 0.1) is 5.60 Å². The largest absolute Gasteiger partial charge is 0.389 e. The Labute approximate surface area is 112 Å². The summed E-state index contributed by atoms with van der Waals surface area (Å²) in [7, 11) is 0. The van der Waals surface area contributed by atoms with E-state index in [9.17, 15) is 5.11 Å². The molecule has 2 rings (SSSR count). The number of aliphatic hydroxyl groups is 1. The first-order valence-corrected chi connectivity index (χ1v) is 7.86. The van der Waals surface area contributed by atoms with Crippen molar-refractivity contribution >= 4 is 0 Å². The molecule has 2 saturated carbocycles. The maximum atomic E-state index is 11.3. The van der Waals surface area contributed by atoms with E-state index < -0.39 is 5.60 Å². The second kappa shape index (κ2) is 5.13. The summed E-state index contributed by atoms with van der Waals surface area (Å²) in [6.45, 7) is 5.35. The lowest BCUT2D eigenvalue weighted by Gasteiger charge is -2.49. The van der Waals surface area contributed by atoms with Gasteiger partial charge in [-0.1, -0.05) is 39.5 Å². The van der Waals surface area contributed by atoms with Crippen molar-refractivity contribution in [2.45, 2.75) is 83.7 Å². The predicted molar refractivity (Wildman–Crippen MR) is 76.4 cm³/mol. The Bertz CT molecular complexity index is 281. The molecule has 1 unspecified atom stereocenters. The van der Waals surface area contributed by atoms with Gasteiger partial charge >= 0.3 is 0 Å². The molecule has 0 radical (unpaired) electrons. The summed E-state index contributed by atoms with van der Waals surface area (Å²) in [5, 5.41) is 11.3. The lowest BCUT2D eigenvalue weighted by atomic mass is 9.60. The van der Waals surface area contributed by atoms with Crippen molar-refractivity contribution in [1.29, 1.82) is 0 Å². The van der Waals surface area contributed by atoms with Gasteiger partial charge in [0.25, 0.3) is 0 Å². The van der Waals surface area contributed by atoms with Crippen LogP contribution in [0.25, 0.3) is 0 Å². The number of rotatable bonds is 2. The molecule has 2 heteroatoms. The highest BCUT2D eigenvalue weighted by molar-refractivity contribution is 5.02. The first kappa shape index (κ1) is 14.3. The molecule has 0 aliphatic heterocycles. The molecule has 1 atom stereocenters. The summed E-state index contributed by atoms with van der Waals surface area (Å²) < 4.78 is 0. The third-order valence-corrected chi connectivity index (χ3v) is 5.85. The number of nitrogens with two attached hydrogens (primary N) is 1. The summed E-state index contributed by atoms with van der Waals surface area (Å²) in [4.78, 5) is 0. The number of hydrogen-bond acceptors (Lipinski definition) is 2. The summed E-state index contributed by atoms with van der Waals surface area (Å²) in [5.74, 6) is 0. The third-order valence-electron chi connectivity index (χ3n) is 5.85. The SMILES string of the molecule is CC1(C)CCCC(O)(C2(CN)CCCCC2)CC1. The molecule has 2 aliphatic rings. The molecular weight excluding hydrogens is 222 g/mol. The zero-order chi connectivity index (χ0) is 13.3. The van der Waals surface area contributed by atoms with Gasteiger partial charge in [0.15, 0.2) is 0 Å². The van der Waals surface area contributed by atoms with Crippen LogP contribution in [-0.2, 0) is 0 Å². The zero-order valence-electron chi connectivity index (χ0n) is 12.3. The van der Waals surface area contributed by atoms with Crippen LogP contribution in [0.5, 0.6) is 0 Å². The van der Waals surface area contributed by atoms with Crippen molar-refractivity contribution in [3.05, 3.63) is 0 Å². The molecule has 0 aromatic rings. The minimum Gasteiger partial charge on any atom is -0.389 e. The minimum absolute atomic E-state index is 0.0195. The van der Waals surface area contributed by atoms with Crippen LogP contribution in [0, 0.1) is 10.8 Å². The van der Waals surface area contributed by atoms with Gasteiger partial charge in [-0.2, -0.15) is 0 Å². The Morgan fingerprint density at radius 2 is 1.50 bits per heavy atom. The highest BCUT2D eigenvalue weighted by Crippen LogP contribution is 2.51. The Morgan fingerprint density at radius 3 is 2.11 bits per heavy atom. The minimum atomic E-state index is -0.490. The van der Waals surface area contributed by atoms with E-state index in [1.54, 1.807) is 0 Å². The maximum absolute atomic E-state index is 11.3. The maximum Gasteiger partial charge on any atom is 0.0716 e. The normalized spacial score (nSPS) is 36.0. The second-order valence-electron chi connectivity index (χ2n) is 7.59. The quantitative estimate of drug-likeness (QED) is 0.738. The highest BCUT2D eigenvalue weighted by Gasteiger charge is 2.50. The zero-order valence-corrected chi connectivity index (χ0v) is 12.3.